The van der Waals surface area contributed by atoms with Gasteiger partial charge in [0.2, 0.25) is 0 Å². The van der Waals surface area contributed by atoms with E-state index in [0.717, 1.165) is 13.3 Å². The van der Waals surface area contributed by atoms with Gasteiger partial charge in [-0.15, -0.1) is 24.8 Å². The fourth-order valence-electron chi connectivity index (χ4n) is 1.11. The zero-order valence-corrected chi connectivity index (χ0v) is 9.60. The van der Waals surface area contributed by atoms with Crippen LogP contribution in [0.1, 0.15) is 15.9 Å². The second-order valence-corrected chi connectivity index (χ2v) is 3.22. The second kappa shape index (κ2) is 5.38. The van der Waals surface area contributed by atoms with Crippen LogP contribution in [0.15, 0.2) is 6.20 Å². The monoisotopic (exact) mass is 287 g/mol. The molecule has 0 fully saturated rings. The molecule has 0 unspecified atom stereocenters. The number of hydrogen-bond donors (Lipinski definition) is 0. The van der Waals surface area contributed by atoms with E-state index in [9.17, 15) is 22.4 Å². The number of carbonyl (C=O) groups excluding carboxylic acids is 1. The van der Waals surface area contributed by atoms with E-state index in [2.05, 4.69) is 14.5 Å². The van der Waals surface area contributed by atoms with Gasteiger partial charge in [-0.1, -0.05) is 0 Å². The lowest BCUT2D eigenvalue weighted by Crippen LogP contribution is -2.20. The van der Waals surface area contributed by atoms with Crippen molar-refractivity contribution in [2.24, 2.45) is 0 Å². The molecule has 1 heterocycles. The third kappa shape index (κ3) is 3.22. The Balaban J connectivity index is 3.30. The van der Waals surface area contributed by atoms with Crippen molar-refractivity contribution in [1.82, 2.24) is 4.98 Å². The van der Waals surface area contributed by atoms with Gasteiger partial charge in [0.05, 0.1) is 7.11 Å². The summed E-state index contributed by atoms with van der Waals surface area (Å²) in [5.74, 6) is -4.42. The molecule has 0 spiro atoms. The number of hydrogen-bond acceptors (Lipinski definition) is 4. The Bertz CT molecular complexity index is 464. The van der Waals surface area contributed by atoms with Crippen LogP contribution in [0.5, 0.6) is 5.88 Å². The first kappa shape index (κ1) is 14.5. The Kier molecular flexibility index (Phi) is 4.33. The minimum absolute atomic E-state index is 0.101. The highest BCUT2D eigenvalue weighted by Gasteiger charge is 2.35. The molecule has 0 amide bonds. The number of methoxy groups -OCH3 is 1. The van der Waals surface area contributed by atoms with Crippen LogP contribution in [-0.2, 0) is 10.6 Å². The summed E-state index contributed by atoms with van der Waals surface area (Å²) in [4.78, 5) is 14.3. The van der Waals surface area contributed by atoms with E-state index in [1.54, 1.807) is 0 Å². The van der Waals surface area contributed by atoms with E-state index in [4.69, 9.17) is 11.6 Å². The molecule has 0 saturated carbocycles. The number of aromatic nitrogens is 1. The Labute approximate surface area is 103 Å². The van der Waals surface area contributed by atoms with Gasteiger partial charge in [0.15, 0.2) is 5.82 Å². The van der Waals surface area contributed by atoms with Gasteiger partial charge in [0.1, 0.15) is 5.56 Å². The van der Waals surface area contributed by atoms with E-state index >= 15 is 0 Å². The van der Waals surface area contributed by atoms with Crippen LogP contribution in [0.3, 0.4) is 0 Å². The number of pyridine rings is 1. The minimum atomic E-state index is -5.12. The van der Waals surface area contributed by atoms with E-state index in [-0.39, 0.29) is 11.4 Å². The first-order valence-electron chi connectivity index (χ1n) is 4.37. The Morgan fingerprint density at radius 3 is 2.56 bits per heavy atom. The van der Waals surface area contributed by atoms with Crippen LogP contribution in [-0.4, -0.2) is 24.4 Å². The first-order valence-corrected chi connectivity index (χ1v) is 4.91. The van der Waals surface area contributed by atoms with Gasteiger partial charge in [0, 0.05) is 17.6 Å². The number of carbonyl (C=O) groups is 1. The molecule has 18 heavy (non-hydrogen) atoms. The molecule has 9 heteroatoms. The topological polar surface area (TPSA) is 48.4 Å². The fourth-order valence-corrected chi connectivity index (χ4v) is 1.31. The zero-order chi connectivity index (χ0) is 13.9. The van der Waals surface area contributed by atoms with Gasteiger partial charge in [-0.05, 0) is 0 Å². The fraction of sp³-hybridized carbons (Fsp3) is 0.333. The van der Waals surface area contributed by atoms with E-state index in [1.165, 1.54) is 0 Å². The summed E-state index contributed by atoms with van der Waals surface area (Å²) in [5.41, 5.74) is -0.836. The predicted octanol–water partition coefficient (Wildman–Crippen LogP) is 2.64. The number of rotatable bonds is 3. The van der Waals surface area contributed by atoms with Crippen molar-refractivity contribution < 1.29 is 31.8 Å². The molecular weight excluding hydrogens is 282 g/mol. The summed E-state index contributed by atoms with van der Waals surface area (Å²) in [6.07, 6.45) is -4.31. The van der Waals surface area contributed by atoms with Crippen LogP contribution < -0.4 is 4.74 Å². The lowest BCUT2D eigenvalue weighted by atomic mass is 10.1. The summed E-state index contributed by atoms with van der Waals surface area (Å²) in [6.45, 7) is 0. The molecule has 0 atom stereocenters. The highest BCUT2D eigenvalue weighted by molar-refractivity contribution is 6.17. The quantitative estimate of drug-likeness (QED) is 0.487. The summed E-state index contributed by atoms with van der Waals surface area (Å²) >= 11 is 5.41. The van der Waals surface area contributed by atoms with Gasteiger partial charge in [-0.3, -0.25) is 0 Å². The normalized spacial score (nSPS) is 11.2. The molecule has 4 nitrogen and oxygen atoms in total. The molecule has 0 bridgehead atoms. The Morgan fingerprint density at radius 1 is 1.50 bits per heavy atom. The molecule has 0 N–H and O–H groups in total. The first-order chi connectivity index (χ1) is 8.30. The maximum Gasteiger partial charge on any atom is 0.574 e. The third-order valence-electron chi connectivity index (χ3n) is 1.81. The van der Waals surface area contributed by atoms with Crippen LogP contribution >= 0.6 is 11.6 Å². The van der Waals surface area contributed by atoms with E-state index < -0.39 is 29.6 Å². The second-order valence-electron chi connectivity index (χ2n) is 2.95. The number of nitrogens with zero attached hydrogens (tertiary/aromatic N) is 1. The lowest BCUT2D eigenvalue weighted by molar-refractivity contribution is -0.277. The molecule has 100 valence electrons. The van der Waals surface area contributed by atoms with Crippen LogP contribution in [0.25, 0.3) is 0 Å². The molecule has 1 rings (SSSR count). The molecule has 0 aromatic carbocycles. The highest BCUT2D eigenvalue weighted by atomic mass is 35.5. The summed E-state index contributed by atoms with van der Waals surface area (Å²) in [7, 11) is 0.949. The number of ether oxygens (including phenoxy) is 2. The third-order valence-corrected chi connectivity index (χ3v) is 2.10. The molecular formula is C9H6ClF4NO3. The van der Waals surface area contributed by atoms with Crippen molar-refractivity contribution in [1.29, 1.82) is 0 Å². The number of halogens is 5. The van der Waals surface area contributed by atoms with Crippen molar-refractivity contribution in [2.75, 3.05) is 7.11 Å². The highest BCUT2D eigenvalue weighted by Crippen LogP contribution is 2.27. The SMILES string of the molecule is COC(=O)c1c(CCl)cnc(OC(F)(F)F)c1F. The van der Waals surface area contributed by atoms with Crippen LogP contribution in [0.4, 0.5) is 17.6 Å². The minimum Gasteiger partial charge on any atom is -0.465 e. The number of alkyl halides is 4. The number of esters is 1. The zero-order valence-electron chi connectivity index (χ0n) is 8.85. The van der Waals surface area contributed by atoms with Crippen molar-refractivity contribution in [2.45, 2.75) is 12.2 Å². The smallest absolute Gasteiger partial charge is 0.465 e. The molecule has 0 saturated heterocycles. The van der Waals surface area contributed by atoms with Gasteiger partial charge >= 0.3 is 12.3 Å². The summed E-state index contributed by atoms with van der Waals surface area (Å²) in [5, 5.41) is 0. The van der Waals surface area contributed by atoms with Gasteiger partial charge in [-0.25, -0.2) is 14.2 Å². The van der Waals surface area contributed by atoms with Gasteiger partial charge in [0.25, 0.3) is 5.88 Å². The predicted molar refractivity (Wildman–Crippen MR) is 51.8 cm³/mol. The summed E-state index contributed by atoms with van der Waals surface area (Å²) < 4.78 is 57.1. The Morgan fingerprint density at radius 2 is 2.11 bits per heavy atom. The van der Waals surface area contributed by atoms with Crippen LogP contribution in [0.2, 0.25) is 0 Å². The molecule has 0 aliphatic heterocycles. The molecule has 0 aliphatic carbocycles. The molecule has 0 aliphatic rings. The Hall–Kier alpha value is -1.57. The van der Waals surface area contributed by atoms with E-state index in [0.29, 0.717) is 0 Å². The summed E-state index contributed by atoms with van der Waals surface area (Å²) in [6, 6.07) is 0. The van der Waals surface area contributed by atoms with Crippen LogP contribution in [0, 0.1) is 5.82 Å². The van der Waals surface area contributed by atoms with Gasteiger partial charge in [-0.2, -0.15) is 0 Å². The van der Waals surface area contributed by atoms with Crippen molar-refractivity contribution in [3.8, 4) is 5.88 Å². The molecule has 0 radical (unpaired) electrons. The molecule has 1 aromatic rings. The van der Waals surface area contributed by atoms with Crippen molar-refractivity contribution >= 4 is 17.6 Å². The molecule has 1 aromatic heterocycles. The van der Waals surface area contributed by atoms with Gasteiger partial charge < -0.3 is 9.47 Å². The standard InChI is InChI=1S/C9H6ClF4NO3/c1-17-8(16)5-4(2-10)3-15-7(6(5)11)18-9(12,13)14/h3H,2H2,1H3. The maximum absolute atomic E-state index is 13.6. The van der Waals surface area contributed by atoms with Crippen molar-refractivity contribution in [3.63, 3.8) is 0 Å². The van der Waals surface area contributed by atoms with Crippen molar-refractivity contribution in [3.05, 3.63) is 23.1 Å². The largest absolute Gasteiger partial charge is 0.574 e. The van der Waals surface area contributed by atoms with E-state index in [1.807, 2.05) is 0 Å². The lowest BCUT2D eigenvalue weighted by Gasteiger charge is -2.12. The average Bonchev–Trinajstić information content (AvgIpc) is 2.29. The average molecular weight is 288 g/mol. The maximum atomic E-state index is 13.6.